The van der Waals surface area contributed by atoms with Crippen LogP contribution in [0.25, 0.3) is 4.96 Å². The van der Waals surface area contributed by atoms with Gasteiger partial charge in [-0.15, -0.1) is 11.3 Å². The monoisotopic (exact) mass is 304 g/mol. The number of nitrogens with one attached hydrogen (secondary N) is 1. The molecule has 1 amide bonds. The van der Waals surface area contributed by atoms with E-state index >= 15 is 0 Å². The van der Waals surface area contributed by atoms with Crippen LogP contribution < -0.4 is 5.43 Å². The van der Waals surface area contributed by atoms with Crippen LogP contribution in [0.4, 0.5) is 0 Å². The number of thiazole rings is 1. The Hall–Kier alpha value is -2.18. The average Bonchev–Trinajstić information content (AvgIpc) is 3.02. The van der Waals surface area contributed by atoms with Gasteiger partial charge in [-0.1, -0.05) is 29.8 Å². The van der Waals surface area contributed by atoms with Crippen molar-refractivity contribution < 1.29 is 4.79 Å². The largest absolute Gasteiger partial charge is 0.288 e. The average molecular weight is 305 g/mol. The molecule has 0 saturated heterocycles. The van der Waals surface area contributed by atoms with Crippen LogP contribution in [0.1, 0.15) is 16.1 Å². The normalized spacial score (nSPS) is 11.2. The highest BCUT2D eigenvalue weighted by atomic mass is 35.5. The second kappa shape index (κ2) is 5.44. The third-order valence-electron chi connectivity index (χ3n) is 2.64. The molecule has 2 aromatic heterocycles. The highest BCUT2D eigenvalue weighted by molar-refractivity contribution is 7.15. The van der Waals surface area contributed by atoms with Gasteiger partial charge in [-0.25, -0.2) is 10.4 Å². The lowest BCUT2D eigenvalue weighted by molar-refractivity contribution is 0.0955. The van der Waals surface area contributed by atoms with Gasteiger partial charge in [0.25, 0.3) is 5.91 Å². The van der Waals surface area contributed by atoms with Crippen molar-refractivity contribution in [1.29, 1.82) is 0 Å². The molecule has 0 saturated carbocycles. The molecule has 0 aliphatic rings. The molecule has 2 heterocycles. The first-order chi connectivity index (χ1) is 9.75. The van der Waals surface area contributed by atoms with Crippen molar-refractivity contribution in [3.63, 3.8) is 0 Å². The summed E-state index contributed by atoms with van der Waals surface area (Å²) in [5.74, 6) is -0.274. The van der Waals surface area contributed by atoms with Gasteiger partial charge in [-0.3, -0.25) is 9.20 Å². The summed E-state index contributed by atoms with van der Waals surface area (Å²) in [6.07, 6.45) is 3.33. The SMILES string of the molecule is O=C(N/N=C\c1c(Cl)nc2sccn12)c1ccccc1. The van der Waals surface area contributed by atoms with Crippen LogP contribution >= 0.6 is 22.9 Å². The van der Waals surface area contributed by atoms with Gasteiger partial charge in [-0.05, 0) is 12.1 Å². The van der Waals surface area contributed by atoms with E-state index < -0.39 is 0 Å². The number of aromatic nitrogens is 2. The highest BCUT2D eigenvalue weighted by Gasteiger charge is 2.09. The van der Waals surface area contributed by atoms with Crippen LogP contribution in [0.3, 0.4) is 0 Å². The van der Waals surface area contributed by atoms with Crippen molar-refractivity contribution >= 4 is 40.0 Å². The van der Waals surface area contributed by atoms with Crippen LogP contribution in [0.5, 0.6) is 0 Å². The quantitative estimate of drug-likeness (QED) is 0.597. The Morgan fingerprint density at radius 1 is 1.40 bits per heavy atom. The Bertz CT molecular complexity index is 778. The zero-order chi connectivity index (χ0) is 13.9. The lowest BCUT2D eigenvalue weighted by Gasteiger charge is -1.98. The Kier molecular flexibility index (Phi) is 3.49. The molecule has 100 valence electrons. The molecule has 0 aliphatic carbocycles. The molecule has 0 bridgehead atoms. The zero-order valence-corrected chi connectivity index (χ0v) is 11.7. The van der Waals surface area contributed by atoms with Gasteiger partial charge in [0.05, 0.1) is 6.21 Å². The number of fused-ring (bicyclic) bond motifs is 1. The Morgan fingerprint density at radius 2 is 2.20 bits per heavy atom. The van der Waals surface area contributed by atoms with Crippen molar-refractivity contribution in [2.75, 3.05) is 0 Å². The van der Waals surface area contributed by atoms with Crippen LogP contribution in [-0.2, 0) is 0 Å². The summed E-state index contributed by atoms with van der Waals surface area (Å²) >= 11 is 7.49. The molecular formula is C13H9ClN4OS. The number of rotatable bonds is 3. The summed E-state index contributed by atoms with van der Waals surface area (Å²) in [6, 6.07) is 8.86. The molecule has 0 fully saturated rings. The maximum absolute atomic E-state index is 11.8. The number of nitrogens with zero attached hydrogens (tertiary/aromatic N) is 3. The zero-order valence-electron chi connectivity index (χ0n) is 10.2. The van der Waals surface area contributed by atoms with E-state index in [1.807, 2.05) is 22.0 Å². The molecule has 1 N–H and O–H groups in total. The second-order valence-electron chi connectivity index (χ2n) is 3.91. The van der Waals surface area contributed by atoms with Gasteiger partial charge in [0.1, 0.15) is 5.69 Å². The predicted molar refractivity (Wildman–Crippen MR) is 79.6 cm³/mol. The summed E-state index contributed by atoms with van der Waals surface area (Å²) in [5, 5.41) is 6.17. The third kappa shape index (κ3) is 2.43. The first kappa shape index (κ1) is 12.8. The van der Waals surface area contributed by atoms with Gasteiger partial charge in [0.15, 0.2) is 10.1 Å². The molecule has 20 heavy (non-hydrogen) atoms. The fourth-order valence-corrected chi connectivity index (χ4v) is 2.69. The van der Waals surface area contributed by atoms with Crippen molar-refractivity contribution in [3.05, 3.63) is 58.3 Å². The van der Waals surface area contributed by atoms with E-state index in [0.717, 1.165) is 4.96 Å². The molecule has 0 spiro atoms. The number of hydrogen-bond donors (Lipinski definition) is 1. The molecule has 0 unspecified atom stereocenters. The molecule has 3 rings (SSSR count). The summed E-state index contributed by atoms with van der Waals surface area (Å²) in [5.41, 5.74) is 3.64. The van der Waals surface area contributed by atoms with E-state index in [4.69, 9.17) is 11.6 Å². The molecular weight excluding hydrogens is 296 g/mol. The van der Waals surface area contributed by atoms with Crippen LogP contribution in [0.2, 0.25) is 5.15 Å². The van der Waals surface area contributed by atoms with E-state index in [-0.39, 0.29) is 5.91 Å². The van der Waals surface area contributed by atoms with Gasteiger partial charge in [0, 0.05) is 17.1 Å². The fraction of sp³-hybridized carbons (Fsp3) is 0. The number of carbonyl (C=O) groups excluding carboxylic acids is 1. The summed E-state index contributed by atoms with van der Waals surface area (Å²) in [6.45, 7) is 0. The Morgan fingerprint density at radius 3 is 3.00 bits per heavy atom. The van der Waals surface area contributed by atoms with Crippen LogP contribution in [0.15, 0.2) is 47.0 Å². The molecule has 7 heteroatoms. The molecule has 0 atom stereocenters. The number of halogens is 1. The first-order valence-electron chi connectivity index (χ1n) is 5.75. The molecule has 3 aromatic rings. The van der Waals surface area contributed by atoms with Gasteiger partial charge >= 0.3 is 0 Å². The number of imidazole rings is 1. The number of amides is 1. The third-order valence-corrected chi connectivity index (χ3v) is 3.68. The Labute approximate surface area is 123 Å². The van der Waals surface area contributed by atoms with E-state index in [2.05, 4.69) is 15.5 Å². The minimum atomic E-state index is -0.274. The second-order valence-corrected chi connectivity index (χ2v) is 5.14. The number of hydrazone groups is 1. The predicted octanol–water partition coefficient (Wildman–Crippen LogP) is 2.81. The fourth-order valence-electron chi connectivity index (χ4n) is 1.70. The van der Waals surface area contributed by atoms with Gasteiger partial charge in [0.2, 0.25) is 0 Å². The lowest BCUT2D eigenvalue weighted by Crippen LogP contribution is -2.17. The molecule has 0 aliphatic heterocycles. The summed E-state index contributed by atoms with van der Waals surface area (Å²) < 4.78 is 1.81. The van der Waals surface area contributed by atoms with Crippen molar-refractivity contribution in [2.24, 2.45) is 5.10 Å². The summed E-state index contributed by atoms with van der Waals surface area (Å²) in [4.78, 5) is 16.7. The molecule has 1 aromatic carbocycles. The molecule has 5 nitrogen and oxygen atoms in total. The van der Waals surface area contributed by atoms with Crippen molar-refractivity contribution in [1.82, 2.24) is 14.8 Å². The number of hydrogen-bond acceptors (Lipinski definition) is 4. The maximum Gasteiger partial charge on any atom is 0.271 e. The van der Waals surface area contributed by atoms with E-state index in [0.29, 0.717) is 16.4 Å². The van der Waals surface area contributed by atoms with Crippen molar-refractivity contribution in [3.8, 4) is 0 Å². The van der Waals surface area contributed by atoms with E-state index in [9.17, 15) is 4.79 Å². The smallest absolute Gasteiger partial charge is 0.271 e. The Balaban J connectivity index is 1.76. The standard InChI is InChI=1S/C13H9ClN4OS/c14-11-10(18-6-7-20-13(18)16-11)8-15-17-12(19)9-4-2-1-3-5-9/h1-8H,(H,17,19)/b15-8-. The highest BCUT2D eigenvalue weighted by Crippen LogP contribution is 2.19. The number of carbonyl (C=O) groups is 1. The minimum Gasteiger partial charge on any atom is -0.288 e. The maximum atomic E-state index is 11.8. The summed E-state index contributed by atoms with van der Waals surface area (Å²) in [7, 11) is 0. The molecule has 0 radical (unpaired) electrons. The lowest BCUT2D eigenvalue weighted by atomic mass is 10.2. The first-order valence-corrected chi connectivity index (χ1v) is 7.01. The van der Waals surface area contributed by atoms with Crippen LogP contribution in [-0.4, -0.2) is 21.5 Å². The van der Waals surface area contributed by atoms with Crippen LogP contribution in [0, 0.1) is 0 Å². The van der Waals surface area contributed by atoms with E-state index in [1.54, 1.807) is 24.3 Å². The van der Waals surface area contributed by atoms with Gasteiger partial charge in [-0.2, -0.15) is 5.10 Å². The topological polar surface area (TPSA) is 58.8 Å². The van der Waals surface area contributed by atoms with E-state index in [1.165, 1.54) is 17.6 Å². The van der Waals surface area contributed by atoms with Gasteiger partial charge < -0.3 is 0 Å². The number of benzene rings is 1. The van der Waals surface area contributed by atoms with Crippen molar-refractivity contribution in [2.45, 2.75) is 0 Å². The minimum absolute atomic E-state index is 0.274.